The first-order valence-electron chi connectivity index (χ1n) is 10.8. The number of esters is 1. The van der Waals surface area contributed by atoms with Crippen LogP contribution in [-0.4, -0.2) is 71.0 Å². The van der Waals surface area contributed by atoms with Crippen molar-refractivity contribution in [2.75, 3.05) is 27.2 Å². The minimum absolute atomic E-state index is 0.0405. The Bertz CT molecular complexity index is 744. The molecule has 1 saturated heterocycles. The highest BCUT2D eigenvalue weighted by Crippen LogP contribution is 2.42. The second-order valence-electron chi connectivity index (χ2n) is 9.06. The number of ether oxygens (including phenoxy) is 1. The minimum atomic E-state index is -1.50. The standard InChI is InChI=1S/C19H28NO3.C4H6O4/c1-20(2)13-12-17(14-20)23-18(21)19(22,16-10-6-7-11-16)15-8-4-3-5-9-15;5-3(6)1-2-4(7)8/h3-5,8-9,16-17,22H,6-7,10-14H2,1-2H3;1-2H2,(H,5,6)(H,7,8)/q+1;. The van der Waals surface area contributed by atoms with Crippen LogP contribution >= 0.6 is 0 Å². The molecule has 2 fully saturated rings. The number of carboxylic acid groups (broad SMARTS) is 2. The van der Waals surface area contributed by atoms with Crippen LogP contribution < -0.4 is 0 Å². The van der Waals surface area contributed by atoms with E-state index in [0.29, 0.717) is 5.56 Å². The molecule has 0 bridgehead atoms. The lowest BCUT2D eigenvalue weighted by Crippen LogP contribution is -2.46. The zero-order valence-corrected chi connectivity index (χ0v) is 18.3. The van der Waals surface area contributed by atoms with Crippen molar-refractivity contribution in [1.29, 1.82) is 0 Å². The first-order chi connectivity index (χ1) is 14.5. The summed E-state index contributed by atoms with van der Waals surface area (Å²) in [5, 5.41) is 27.2. The molecule has 1 aromatic rings. The number of carboxylic acids is 2. The molecule has 0 aromatic heterocycles. The Kier molecular flexibility index (Phi) is 8.59. The molecular formula is C23H34NO7+. The largest absolute Gasteiger partial charge is 0.481 e. The fraction of sp³-hybridized carbons (Fsp3) is 0.609. The zero-order chi connectivity index (χ0) is 23.1. The van der Waals surface area contributed by atoms with Gasteiger partial charge in [-0.05, 0) is 18.4 Å². The van der Waals surface area contributed by atoms with E-state index in [-0.39, 0.29) is 24.9 Å². The van der Waals surface area contributed by atoms with Gasteiger partial charge in [0.05, 0.1) is 33.5 Å². The highest BCUT2D eigenvalue weighted by atomic mass is 16.6. The van der Waals surface area contributed by atoms with Crippen molar-refractivity contribution in [2.45, 2.75) is 56.7 Å². The third kappa shape index (κ3) is 7.04. The summed E-state index contributed by atoms with van der Waals surface area (Å²) >= 11 is 0. The molecule has 1 saturated carbocycles. The summed E-state index contributed by atoms with van der Waals surface area (Å²) in [7, 11) is 4.29. The van der Waals surface area contributed by atoms with E-state index in [2.05, 4.69) is 14.1 Å². The number of nitrogens with zero attached hydrogens (tertiary/aromatic N) is 1. The van der Waals surface area contributed by atoms with Gasteiger partial charge in [-0.15, -0.1) is 0 Å². The number of aliphatic hydroxyl groups is 1. The number of benzene rings is 1. The summed E-state index contributed by atoms with van der Waals surface area (Å²) in [6.45, 7) is 1.83. The number of carbonyl (C=O) groups is 3. The number of likely N-dealkylation sites (tertiary alicyclic amines) is 1. The Labute approximate surface area is 183 Å². The number of aliphatic carboxylic acids is 2. The van der Waals surface area contributed by atoms with Gasteiger partial charge in [0.1, 0.15) is 6.54 Å². The van der Waals surface area contributed by atoms with E-state index in [1.165, 1.54) is 0 Å². The van der Waals surface area contributed by atoms with Crippen LogP contribution in [0.25, 0.3) is 0 Å². The van der Waals surface area contributed by atoms with Crippen molar-refractivity contribution in [3.05, 3.63) is 35.9 Å². The summed E-state index contributed by atoms with van der Waals surface area (Å²) in [5.41, 5.74) is -0.832. The van der Waals surface area contributed by atoms with Gasteiger partial charge < -0.3 is 24.5 Å². The normalized spacial score (nSPS) is 22.1. The van der Waals surface area contributed by atoms with E-state index < -0.39 is 23.5 Å². The average molecular weight is 437 g/mol. The van der Waals surface area contributed by atoms with Crippen LogP contribution in [-0.2, 0) is 24.7 Å². The van der Waals surface area contributed by atoms with Crippen LogP contribution in [0, 0.1) is 5.92 Å². The molecule has 3 rings (SSSR count). The summed E-state index contributed by atoms with van der Waals surface area (Å²) in [4.78, 5) is 32.2. The summed E-state index contributed by atoms with van der Waals surface area (Å²) in [5.74, 6) is -2.65. The maximum absolute atomic E-state index is 12.9. The summed E-state index contributed by atoms with van der Waals surface area (Å²) < 4.78 is 6.64. The fourth-order valence-corrected chi connectivity index (χ4v) is 4.33. The van der Waals surface area contributed by atoms with Crippen molar-refractivity contribution in [3.63, 3.8) is 0 Å². The van der Waals surface area contributed by atoms with Gasteiger partial charge in [-0.2, -0.15) is 0 Å². The second kappa shape index (κ2) is 10.7. The van der Waals surface area contributed by atoms with Crippen LogP contribution in [0.1, 0.15) is 50.5 Å². The van der Waals surface area contributed by atoms with Crippen LogP contribution in [0.15, 0.2) is 30.3 Å². The van der Waals surface area contributed by atoms with Crippen LogP contribution in [0.2, 0.25) is 0 Å². The van der Waals surface area contributed by atoms with Gasteiger partial charge in [0.25, 0.3) is 0 Å². The highest BCUT2D eigenvalue weighted by molar-refractivity contribution is 5.81. The molecule has 172 valence electrons. The smallest absolute Gasteiger partial charge is 0.343 e. The van der Waals surface area contributed by atoms with Crippen LogP contribution in [0.5, 0.6) is 0 Å². The lowest BCUT2D eigenvalue weighted by atomic mass is 9.80. The minimum Gasteiger partial charge on any atom is -0.481 e. The van der Waals surface area contributed by atoms with E-state index >= 15 is 0 Å². The molecule has 1 aliphatic heterocycles. The van der Waals surface area contributed by atoms with Crippen LogP contribution in [0.3, 0.4) is 0 Å². The predicted octanol–water partition coefficient (Wildman–Crippen LogP) is 2.39. The Morgan fingerprint density at radius 3 is 2.00 bits per heavy atom. The Morgan fingerprint density at radius 2 is 1.55 bits per heavy atom. The molecule has 0 amide bonds. The van der Waals surface area contributed by atoms with Gasteiger partial charge >= 0.3 is 17.9 Å². The zero-order valence-electron chi connectivity index (χ0n) is 18.3. The Morgan fingerprint density at radius 1 is 1.00 bits per heavy atom. The van der Waals surface area contributed by atoms with Crippen molar-refractivity contribution in [1.82, 2.24) is 0 Å². The number of carbonyl (C=O) groups excluding carboxylic acids is 1. The SMILES string of the molecule is C[N+]1(C)CCC(OC(=O)C(O)(c2ccccc2)C2CCCC2)C1.O=C(O)CCC(=O)O. The van der Waals surface area contributed by atoms with E-state index in [9.17, 15) is 19.5 Å². The number of quaternary nitrogens is 1. The summed E-state index contributed by atoms with van der Waals surface area (Å²) in [6, 6.07) is 9.33. The molecule has 0 spiro atoms. The van der Waals surface area contributed by atoms with Crippen molar-refractivity contribution < 1.29 is 38.9 Å². The quantitative estimate of drug-likeness (QED) is 0.443. The first-order valence-corrected chi connectivity index (χ1v) is 10.8. The van der Waals surface area contributed by atoms with Gasteiger partial charge in [-0.3, -0.25) is 9.59 Å². The maximum atomic E-state index is 12.9. The van der Waals surface area contributed by atoms with Gasteiger partial charge in [0, 0.05) is 12.3 Å². The predicted molar refractivity (Wildman–Crippen MR) is 113 cm³/mol. The lowest BCUT2D eigenvalue weighted by Gasteiger charge is -2.33. The number of hydrogen-bond acceptors (Lipinski definition) is 5. The monoisotopic (exact) mass is 436 g/mol. The molecule has 1 aliphatic carbocycles. The average Bonchev–Trinajstić information content (AvgIpc) is 3.37. The molecule has 8 nitrogen and oxygen atoms in total. The molecule has 2 atom stereocenters. The molecular weight excluding hydrogens is 402 g/mol. The molecule has 2 aliphatic rings. The third-order valence-corrected chi connectivity index (χ3v) is 6.05. The fourth-order valence-electron chi connectivity index (χ4n) is 4.33. The maximum Gasteiger partial charge on any atom is 0.343 e. The van der Waals surface area contributed by atoms with Gasteiger partial charge in [-0.1, -0.05) is 43.2 Å². The van der Waals surface area contributed by atoms with Crippen LogP contribution in [0.4, 0.5) is 0 Å². The van der Waals surface area contributed by atoms with E-state index in [1.54, 1.807) is 0 Å². The van der Waals surface area contributed by atoms with Gasteiger partial charge in [0.2, 0.25) is 0 Å². The Hall–Kier alpha value is -2.45. The molecule has 1 heterocycles. The lowest BCUT2D eigenvalue weighted by molar-refractivity contribution is -0.879. The molecule has 1 aromatic carbocycles. The van der Waals surface area contributed by atoms with Crippen molar-refractivity contribution >= 4 is 17.9 Å². The molecule has 8 heteroatoms. The second-order valence-corrected chi connectivity index (χ2v) is 9.06. The van der Waals surface area contributed by atoms with E-state index in [4.69, 9.17) is 14.9 Å². The van der Waals surface area contributed by atoms with E-state index in [1.807, 2.05) is 30.3 Å². The number of likely N-dealkylation sites (N-methyl/N-ethyl adjacent to an activating group) is 1. The molecule has 0 radical (unpaired) electrons. The molecule has 3 N–H and O–H groups in total. The Balaban J connectivity index is 0.000000366. The third-order valence-electron chi connectivity index (χ3n) is 6.05. The van der Waals surface area contributed by atoms with Crippen molar-refractivity contribution in [2.24, 2.45) is 5.92 Å². The number of hydrogen-bond donors (Lipinski definition) is 3. The highest BCUT2D eigenvalue weighted by Gasteiger charge is 2.49. The topological polar surface area (TPSA) is 121 Å². The summed E-state index contributed by atoms with van der Waals surface area (Å²) in [6.07, 6.45) is 4.09. The molecule has 2 unspecified atom stereocenters. The number of rotatable bonds is 7. The van der Waals surface area contributed by atoms with E-state index in [0.717, 1.165) is 49.7 Å². The van der Waals surface area contributed by atoms with Crippen molar-refractivity contribution in [3.8, 4) is 0 Å². The van der Waals surface area contributed by atoms with Gasteiger partial charge in [0.15, 0.2) is 11.7 Å². The first kappa shape index (κ1) is 24.8. The molecule has 31 heavy (non-hydrogen) atoms. The van der Waals surface area contributed by atoms with Gasteiger partial charge in [-0.25, -0.2) is 4.79 Å².